The Hall–Kier alpha value is -1.59. The second-order valence-corrected chi connectivity index (χ2v) is 7.97. The van der Waals surface area contributed by atoms with Crippen molar-refractivity contribution in [2.45, 2.75) is 39.2 Å². The first-order valence-corrected chi connectivity index (χ1v) is 8.50. The van der Waals surface area contributed by atoms with E-state index in [4.69, 9.17) is 11.6 Å². The fourth-order valence-electron chi connectivity index (χ4n) is 2.77. The number of rotatable bonds is 4. The molecule has 0 unspecified atom stereocenters. The molecule has 1 fully saturated rings. The molecule has 6 heteroatoms. The standard InChI is InChI=1S/C18H25ClN2O3/c1-17(2,3)16(23)20-11-15(22)21-8-7-18(24,12-21)10-13-5-4-6-14(19)9-13/h4-6,9,24H,7-8,10-12H2,1-3H3,(H,20,23)/t18-/m0/s1. The molecule has 0 spiro atoms. The minimum Gasteiger partial charge on any atom is -0.388 e. The van der Waals surface area contributed by atoms with Crippen LogP contribution in [0.5, 0.6) is 0 Å². The first kappa shape index (κ1) is 18.7. The Bertz CT molecular complexity index is 627. The van der Waals surface area contributed by atoms with Gasteiger partial charge >= 0.3 is 0 Å². The summed E-state index contributed by atoms with van der Waals surface area (Å²) in [6, 6.07) is 7.38. The van der Waals surface area contributed by atoms with Gasteiger partial charge in [-0.1, -0.05) is 44.5 Å². The summed E-state index contributed by atoms with van der Waals surface area (Å²) in [5.74, 6) is -0.334. The summed E-state index contributed by atoms with van der Waals surface area (Å²) in [7, 11) is 0. The molecule has 5 nitrogen and oxygen atoms in total. The molecule has 1 aromatic carbocycles. The van der Waals surface area contributed by atoms with E-state index >= 15 is 0 Å². The van der Waals surface area contributed by atoms with Gasteiger partial charge in [0.05, 0.1) is 12.1 Å². The number of nitrogens with one attached hydrogen (secondary N) is 1. The highest BCUT2D eigenvalue weighted by atomic mass is 35.5. The number of nitrogens with zero attached hydrogens (tertiary/aromatic N) is 1. The molecule has 1 saturated heterocycles. The van der Waals surface area contributed by atoms with Gasteiger partial charge in [0.2, 0.25) is 11.8 Å². The highest BCUT2D eigenvalue weighted by Gasteiger charge is 2.38. The number of hydrogen-bond acceptors (Lipinski definition) is 3. The van der Waals surface area contributed by atoms with Crippen molar-refractivity contribution in [3.05, 3.63) is 34.9 Å². The maximum absolute atomic E-state index is 12.3. The van der Waals surface area contributed by atoms with Crippen LogP contribution in [0.2, 0.25) is 5.02 Å². The third kappa shape index (κ3) is 4.95. The number of likely N-dealkylation sites (tertiary alicyclic amines) is 1. The summed E-state index contributed by atoms with van der Waals surface area (Å²) in [6.45, 7) is 6.11. The Morgan fingerprint density at radius 1 is 1.38 bits per heavy atom. The lowest BCUT2D eigenvalue weighted by molar-refractivity contribution is -0.135. The summed E-state index contributed by atoms with van der Waals surface area (Å²) in [5, 5.41) is 14.0. The van der Waals surface area contributed by atoms with Crippen LogP contribution in [0.1, 0.15) is 32.8 Å². The van der Waals surface area contributed by atoms with Gasteiger partial charge in [-0.2, -0.15) is 0 Å². The van der Waals surface area contributed by atoms with Crippen molar-refractivity contribution in [1.29, 1.82) is 0 Å². The molecule has 1 aliphatic rings. The largest absolute Gasteiger partial charge is 0.388 e. The molecule has 0 saturated carbocycles. The van der Waals surface area contributed by atoms with Crippen molar-refractivity contribution in [2.24, 2.45) is 5.41 Å². The second-order valence-electron chi connectivity index (χ2n) is 7.53. The van der Waals surface area contributed by atoms with Crippen LogP contribution in [0.3, 0.4) is 0 Å². The van der Waals surface area contributed by atoms with Crippen molar-refractivity contribution >= 4 is 23.4 Å². The summed E-state index contributed by atoms with van der Waals surface area (Å²) in [5.41, 5.74) is -0.534. The molecule has 0 aromatic heterocycles. The quantitative estimate of drug-likeness (QED) is 0.870. The molecule has 1 atom stereocenters. The van der Waals surface area contributed by atoms with E-state index in [0.29, 0.717) is 24.4 Å². The molecule has 0 radical (unpaired) electrons. The lowest BCUT2D eigenvalue weighted by Gasteiger charge is -2.24. The minimum atomic E-state index is -0.950. The molecule has 24 heavy (non-hydrogen) atoms. The predicted molar refractivity (Wildman–Crippen MR) is 93.8 cm³/mol. The van der Waals surface area contributed by atoms with E-state index in [1.54, 1.807) is 31.7 Å². The van der Waals surface area contributed by atoms with Gasteiger partial charge < -0.3 is 15.3 Å². The van der Waals surface area contributed by atoms with Crippen LogP contribution in [0, 0.1) is 5.41 Å². The first-order chi connectivity index (χ1) is 11.1. The van der Waals surface area contributed by atoms with Crippen LogP contribution in [-0.4, -0.2) is 47.1 Å². The third-order valence-electron chi connectivity index (χ3n) is 4.19. The summed E-state index contributed by atoms with van der Waals surface area (Å²) in [6.07, 6.45) is 0.962. The fourth-order valence-corrected chi connectivity index (χ4v) is 2.99. The van der Waals surface area contributed by atoms with Gasteiger partial charge in [-0.25, -0.2) is 0 Å². The van der Waals surface area contributed by atoms with Crippen LogP contribution in [0.15, 0.2) is 24.3 Å². The van der Waals surface area contributed by atoms with E-state index in [1.807, 2.05) is 18.2 Å². The zero-order valence-corrected chi connectivity index (χ0v) is 15.2. The zero-order valence-electron chi connectivity index (χ0n) is 14.4. The van der Waals surface area contributed by atoms with Gasteiger partial charge in [-0.15, -0.1) is 0 Å². The Morgan fingerprint density at radius 3 is 2.71 bits per heavy atom. The number of hydrogen-bond donors (Lipinski definition) is 2. The molecule has 0 bridgehead atoms. The Morgan fingerprint density at radius 2 is 2.08 bits per heavy atom. The van der Waals surface area contributed by atoms with Gasteiger partial charge in [0, 0.05) is 29.9 Å². The normalized spacial score (nSPS) is 21.0. The minimum absolute atomic E-state index is 0.0383. The fraction of sp³-hybridized carbons (Fsp3) is 0.556. The van der Waals surface area contributed by atoms with E-state index in [-0.39, 0.29) is 24.9 Å². The topological polar surface area (TPSA) is 69.6 Å². The Kier molecular flexibility index (Phi) is 5.56. The van der Waals surface area contributed by atoms with E-state index in [1.165, 1.54) is 0 Å². The van der Waals surface area contributed by atoms with E-state index < -0.39 is 11.0 Å². The van der Waals surface area contributed by atoms with E-state index in [0.717, 1.165) is 5.56 Å². The third-order valence-corrected chi connectivity index (χ3v) is 4.42. The smallest absolute Gasteiger partial charge is 0.242 e. The van der Waals surface area contributed by atoms with Crippen LogP contribution < -0.4 is 5.32 Å². The number of β-amino-alcohol motifs (C(OH)–C–C–N with tert-alkyl or cyclic N) is 1. The van der Waals surface area contributed by atoms with Gasteiger partial charge in [-0.3, -0.25) is 9.59 Å². The molecule has 132 valence electrons. The molecule has 2 amide bonds. The molecule has 1 heterocycles. The van der Waals surface area contributed by atoms with Crippen molar-refractivity contribution in [1.82, 2.24) is 10.2 Å². The summed E-state index contributed by atoms with van der Waals surface area (Å²) in [4.78, 5) is 25.7. The number of amides is 2. The van der Waals surface area contributed by atoms with Gasteiger partial charge in [0.25, 0.3) is 0 Å². The summed E-state index contributed by atoms with van der Waals surface area (Å²) < 4.78 is 0. The first-order valence-electron chi connectivity index (χ1n) is 8.12. The average molecular weight is 353 g/mol. The second kappa shape index (κ2) is 7.11. The lowest BCUT2D eigenvalue weighted by atomic mass is 9.94. The number of benzene rings is 1. The predicted octanol–water partition coefficient (Wildman–Crippen LogP) is 2.01. The van der Waals surface area contributed by atoms with Crippen molar-refractivity contribution in [2.75, 3.05) is 19.6 Å². The Balaban J connectivity index is 1.89. The summed E-state index contributed by atoms with van der Waals surface area (Å²) >= 11 is 5.98. The number of aliphatic hydroxyl groups is 1. The maximum atomic E-state index is 12.3. The zero-order chi connectivity index (χ0) is 18.0. The molecular formula is C18H25ClN2O3. The molecule has 2 rings (SSSR count). The monoisotopic (exact) mass is 352 g/mol. The van der Waals surface area contributed by atoms with Gasteiger partial charge in [0.1, 0.15) is 0 Å². The molecule has 0 aliphatic carbocycles. The lowest BCUT2D eigenvalue weighted by Crippen LogP contribution is -2.44. The van der Waals surface area contributed by atoms with Crippen LogP contribution >= 0.6 is 11.6 Å². The number of carbonyl (C=O) groups is 2. The number of carbonyl (C=O) groups excluding carboxylic acids is 2. The molecular weight excluding hydrogens is 328 g/mol. The maximum Gasteiger partial charge on any atom is 0.242 e. The highest BCUT2D eigenvalue weighted by Crippen LogP contribution is 2.26. The van der Waals surface area contributed by atoms with E-state index in [2.05, 4.69) is 5.32 Å². The van der Waals surface area contributed by atoms with Crippen molar-refractivity contribution in [3.8, 4) is 0 Å². The SMILES string of the molecule is CC(C)(C)C(=O)NCC(=O)N1CC[C@](O)(Cc2cccc(Cl)c2)C1. The molecule has 2 N–H and O–H groups in total. The van der Waals surface area contributed by atoms with Crippen LogP contribution in [0.25, 0.3) is 0 Å². The van der Waals surface area contributed by atoms with Crippen molar-refractivity contribution < 1.29 is 14.7 Å². The van der Waals surface area contributed by atoms with Gasteiger partial charge in [0.15, 0.2) is 0 Å². The molecule has 1 aromatic rings. The highest BCUT2D eigenvalue weighted by molar-refractivity contribution is 6.30. The van der Waals surface area contributed by atoms with E-state index in [9.17, 15) is 14.7 Å². The van der Waals surface area contributed by atoms with Crippen molar-refractivity contribution in [3.63, 3.8) is 0 Å². The number of halogens is 1. The van der Waals surface area contributed by atoms with Gasteiger partial charge in [-0.05, 0) is 24.1 Å². The Labute approximate surface area is 148 Å². The molecule has 1 aliphatic heterocycles. The van der Waals surface area contributed by atoms with Crippen LogP contribution in [-0.2, 0) is 16.0 Å². The average Bonchev–Trinajstić information content (AvgIpc) is 2.85. The van der Waals surface area contributed by atoms with Crippen LogP contribution in [0.4, 0.5) is 0 Å².